The van der Waals surface area contributed by atoms with E-state index < -0.39 is 0 Å². The molecule has 0 unspecified atom stereocenters. The summed E-state index contributed by atoms with van der Waals surface area (Å²) in [6, 6.07) is 23.2. The van der Waals surface area contributed by atoms with Crippen LogP contribution in [0.5, 0.6) is 0 Å². The Morgan fingerprint density at radius 3 is 2.43 bits per heavy atom. The molecule has 1 aliphatic heterocycles. The topological polar surface area (TPSA) is 82.4 Å². The van der Waals surface area contributed by atoms with Gasteiger partial charge in [-0.25, -0.2) is 0 Å². The molecule has 2 amide bonds. The van der Waals surface area contributed by atoms with Crippen LogP contribution in [-0.4, -0.2) is 57.9 Å². The van der Waals surface area contributed by atoms with Crippen LogP contribution in [0.15, 0.2) is 83.5 Å². The smallest absolute Gasteiger partial charge is 0.254 e. The first-order valence-corrected chi connectivity index (χ1v) is 11.7. The van der Waals surface area contributed by atoms with Crippen LogP contribution in [0.3, 0.4) is 0 Å². The monoisotopic (exact) mass is 464 g/mol. The Morgan fingerprint density at radius 2 is 1.60 bits per heavy atom. The second-order valence-corrected chi connectivity index (χ2v) is 8.82. The van der Waals surface area contributed by atoms with Crippen LogP contribution < -0.4 is 0 Å². The summed E-state index contributed by atoms with van der Waals surface area (Å²) in [5.74, 6) is 0.694. The number of aromatic amines is 1. The largest absolute Gasteiger partial charge is 0.361 e. The standard InChI is InChI=1S/C28H24N4O3/c33-26(17-21-18-29-24-9-5-4-8-22(21)24)31-12-14-32(15-13-31)28(34)20-10-11-25-23(16-20)27(35-30-25)19-6-2-1-3-7-19/h1-11,16,18,29H,12-15,17H2. The number of hydrogen-bond donors (Lipinski definition) is 1. The van der Waals surface area contributed by atoms with E-state index in [1.807, 2.05) is 82.7 Å². The minimum atomic E-state index is -0.0455. The van der Waals surface area contributed by atoms with Gasteiger partial charge >= 0.3 is 0 Å². The first kappa shape index (κ1) is 21.2. The van der Waals surface area contributed by atoms with E-state index in [1.165, 1.54) is 0 Å². The molecule has 0 aliphatic carbocycles. The highest BCUT2D eigenvalue weighted by Gasteiger charge is 2.26. The van der Waals surface area contributed by atoms with Crippen molar-refractivity contribution in [1.29, 1.82) is 0 Å². The Bertz CT molecular complexity index is 1530. The molecule has 1 aliphatic rings. The number of para-hydroxylation sites is 1. The zero-order valence-electron chi connectivity index (χ0n) is 19.1. The quantitative estimate of drug-likeness (QED) is 0.425. The second-order valence-electron chi connectivity index (χ2n) is 8.82. The van der Waals surface area contributed by atoms with Gasteiger partial charge in [0.1, 0.15) is 5.52 Å². The van der Waals surface area contributed by atoms with Gasteiger partial charge in [0.2, 0.25) is 5.91 Å². The summed E-state index contributed by atoms with van der Waals surface area (Å²) in [6.07, 6.45) is 2.26. The number of amides is 2. The third-order valence-electron chi connectivity index (χ3n) is 6.70. The predicted molar refractivity (Wildman–Crippen MR) is 134 cm³/mol. The maximum atomic E-state index is 13.3. The van der Waals surface area contributed by atoms with Gasteiger partial charge < -0.3 is 19.3 Å². The first-order valence-electron chi connectivity index (χ1n) is 11.7. The molecule has 7 heteroatoms. The average molecular weight is 465 g/mol. The third-order valence-corrected chi connectivity index (χ3v) is 6.70. The third kappa shape index (κ3) is 3.95. The molecule has 174 valence electrons. The summed E-state index contributed by atoms with van der Waals surface area (Å²) < 4.78 is 5.57. The molecule has 0 atom stereocenters. The highest BCUT2D eigenvalue weighted by atomic mass is 16.5. The number of hydrogen-bond acceptors (Lipinski definition) is 4. The van der Waals surface area contributed by atoms with Gasteiger partial charge in [0.25, 0.3) is 5.91 Å². The molecule has 0 spiro atoms. The van der Waals surface area contributed by atoms with E-state index in [-0.39, 0.29) is 11.8 Å². The molecule has 0 bridgehead atoms. The van der Waals surface area contributed by atoms with Crippen LogP contribution in [0.2, 0.25) is 0 Å². The van der Waals surface area contributed by atoms with Gasteiger partial charge in [-0.15, -0.1) is 0 Å². The van der Waals surface area contributed by atoms with Crippen LogP contribution in [0.4, 0.5) is 0 Å². The zero-order valence-corrected chi connectivity index (χ0v) is 19.1. The first-order chi connectivity index (χ1) is 17.2. The fourth-order valence-electron chi connectivity index (χ4n) is 4.77. The average Bonchev–Trinajstić information content (AvgIpc) is 3.53. The van der Waals surface area contributed by atoms with E-state index in [0.29, 0.717) is 49.4 Å². The van der Waals surface area contributed by atoms with Crippen molar-refractivity contribution in [3.63, 3.8) is 0 Å². The molecule has 3 aromatic carbocycles. The van der Waals surface area contributed by atoms with Crippen LogP contribution in [0.25, 0.3) is 33.1 Å². The number of H-pyrrole nitrogens is 1. The lowest BCUT2D eigenvalue weighted by Crippen LogP contribution is -2.51. The van der Waals surface area contributed by atoms with E-state index in [2.05, 4.69) is 10.1 Å². The van der Waals surface area contributed by atoms with Crippen LogP contribution in [-0.2, 0) is 11.2 Å². The summed E-state index contributed by atoms with van der Waals surface area (Å²) in [5, 5.41) is 6.03. The SMILES string of the molecule is O=C(Cc1c[nH]c2ccccc12)N1CCN(C(=O)c2ccc3noc(-c4ccccc4)c3c2)CC1. The van der Waals surface area contributed by atoms with Gasteiger partial charge in [0.15, 0.2) is 5.76 Å². The van der Waals surface area contributed by atoms with E-state index >= 15 is 0 Å². The van der Waals surface area contributed by atoms with Gasteiger partial charge in [-0.2, -0.15) is 0 Å². The summed E-state index contributed by atoms with van der Waals surface area (Å²) in [6.45, 7) is 2.06. The van der Waals surface area contributed by atoms with Crippen LogP contribution in [0.1, 0.15) is 15.9 Å². The molecule has 3 heterocycles. The van der Waals surface area contributed by atoms with Crippen molar-refractivity contribution < 1.29 is 14.1 Å². The maximum absolute atomic E-state index is 13.3. The maximum Gasteiger partial charge on any atom is 0.254 e. The molecular formula is C28H24N4O3. The fourth-order valence-corrected chi connectivity index (χ4v) is 4.77. The summed E-state index contributed by atoms with van der Waals surface area (Å²) in [7, 11) is 0. The lowest BCUT2D eigenvalue weighted by molar-refractivity contribution is -0.131. The summed E-state index contributed by atoms with van der Waals surface area (Å²) in [5.41, 5.74) is 4.26. The van der Waals surface area contributed by atoms with Gasteiger partial charge in [0.05, 0.1) is 11.8 Å². The fraction of sp³-hybridized carbons (Fsp3) is 0.179. The minimum absolute atomic E-state index is 0.0455. The highest BCUT2D eigenvalue weighted by Crippen LogP contribution is 2.29. The Hall–Kier alpha value is -4.39. The number of benzene rings is 3. The molecule has 5 aromatic rings. The number of nitrogens with zero attached hydrogens (tertiary/aromatic N) is 3. The molecule has 6 rings (SSSR count). The Morgan fingerprint density at radius 1 is 0.857 bits per heavy atom. The van der Waals surface area contributed by atoms with Crippen molar-refractivity contribution in [1.82, 2.24) is 19.9 Å². The number of rotatable bonds is 4. The number of nitrogens with one attached hydrogen (secondary N) is 1. The van der Waals surface area contributed by atoms with E-state index in [1.54, 1.807) is 6.07 Å². The molecule has 0 saturated carbocycles. The van der Waals surface area contributed by atoms with Crippen molar-refractivity contribution in [2.75, 3.05) is 26.2 Å². The molecule has 1 saturated heterocycles. The minimum Gasteiger partial charge on any atom is -0.361 e. The molecule has 2 aromatic heterocycles. The lowest BCUT2D eigenvalue weighted by atomic mass is 10.1. The molecule has 7 nitrogen and oxygen atoms in total. The van der Waals surface area contributed by atoms with Crippen molar-refractivity contribution in [3.8, 4) is 11.3 Å². The highest BCUT2D eigenvalue weighted by molar-refractivity contribution is 6.01. The molecule has 35 heavy (non-hydrogen) atoms. The van der Waals surface area contributed by atoms with Gasteiger partial charge in [-0.05, 0) is 29.8 Å². The van der Waals surface area contributed by atoms with Crippen molar-refractivity contribution in [3.05, 3.63) is 90.1 Å². The van der Waals surface area contributed by atoms with Crippen molar-refractivity contribution in [2.24, 2.45) is 0 Å². The van der Waals surface area contributed by atoms with Crippen molar-refractivity contribution in [2.45, 2.75) is 6.42 Å². The van der Waals surface area contributed by atoms with Crippen LogP contribution >= 0.6 is 0 Å². The predicted octanol–water partition coefficient (Wildman–Crippen LogP) is 4.50. The molecule has 1 N–H and O–H groups in total. The summed E-state index contributed by atoms with van der Waals surface area (Å²) >= 11 is 0. The van der Waals surface area contributed by atoms with Gasteiger partial charge in [-0.3, -0.25) is 9.59 Å². The zero-order chi connectivity index (χ0) is 23.8. The number of carbonyl (C=O) groups excluding carboxylic acids is 2. The van der Waals surface area contributed by atoms with E-state index in [9.17, 15) is 9.59 Å². The number of piperazine rings is 1. The molecule has 1 fully saturated rings. The Labute approximate surface area is 201 Å². The Kier molecular flexibility index (Phi) is 5.29. The second kappa shape index (κ2) is 8.76. The lowest BCUT2D eigenvalue weighted by Gasteiger charge is -2.35. The Balaban J connectivity index is 1.14. The number of carbonyl (C=O) groups is 2. The van der Waals surface area contributed by atoms with E-state index in [0.717, 1.165) is 27.4 Å². The number of fused-ring (bicyclic) bond motifs is 2. The normalized spacial score (nSPS) is 14.1. The van der Waals surface area contributed by atoms with Gasteiger partial charge in [-0.1, -0.05) is 53.7 Å². The molecular weight excluding hydrogens is 440 g/mol. The number of aromatic nitrogens is 2. The summed E-state index contributed by atoms with van der Waals surface area (Å²) in [4.78, 5) is 33.1. The molecule has 0 radical (unpaired) electrons. The van der Waals surface area contributed by atoms with Crippen molar-refractivity contribution >= 4 is 33.6 Å². The van der Waals surface area contributed by atoms with Gasteiger partial charge in [0, 0.05) is 54.4 Å². The van der Waals surface area contributed by atoms with E-state index in [4.69, 9.17) is 4.52 Å². The van der Waals surface area contributed by atoms with Crippen LogP contribution in [0, 0.1) is 0 Å².